The second-order valence-corrected chi connectivity index (χ2v) is 8.73. The Labute approximate surface area is 214 Å². The fourth-order valence-corrected chi connectivity index (χ4v) is 4.07. The number of hydrogen-bond acceptors (Lipinski definition) is 6. The molecule has 0 saturated carbocycles. The maximum atomic E-state index is 10.9. The van der Waals surface area contributed by atoms with Crippen LogP contribution in [0.3, 0.4) is 0 Å². The lowest BCUT2D eigenvalue weighted by molar-refractivity contribution is -0.384. The van der Waals surface area contributed by atoms with Crippen LogP contribution >= 0.6 is 45.8 Å². The summed E-state index contributed by atoms with van der Waals surface area (Å²) in [5.74, 6) is 1.16. The number of nitro groups is 1. The SMILES string of the molecule is CCOc1cc(/C=N\OCc2cccc([N+](=O)[O-])c2)cc(I)c1OCc1ccc(Cl)cc1Cl. The third kappa shape index (κ3) is 7.21. The molecule has 7 nitrogen and oxygen atoms in total. The molecule has 0 N–H and O–H groups in total. The third-order valence-corrected chi connectivity index (χ3v) is 5.74. The van der Waals surface area contributed by atoms with Gasteiger partial charge in [0.2, 0.25) is 0 Å². The molecule has 0 aliphatic heterocycles. The largest absolute Gasteiger partial charge is 0.490 e. The van der Waals surface area contributed by atoms with Crippen molar-refractivity contribution in [1.29, 1.82) is 0 Å². The van der Waals surface area contributed by atoms with E-state index < -0.39 is 4.92 Å². The predicted molar refractivity (Wildman–Crippen MR) is 137 cm³/mol. The first kappa shape index (κ1) is 25.1. The predicted octanol–water partition coefficient (Wildman–Crippen LogP) is 7.03. The lowest BCUT2D eigenvalue weighted by atomic mass is 10.2. The highest BCUT2D eigenvalue weighted by molar-refractivity contribution is 14.1. The van der Waals surface area contributed by atoms with Crippen molar-refractivity contribution >= 4 is 57.7 Å². The number of hydrogen-bond donors (Lipinski definition) is 0. The minimum Gasteiger partial charge on any atom is -0.490 e. The highest BCUT2D eigenvalue weighted by Crippen LogP contribution is 2.35. The summed E-state index contributed by atoms with van der Waals surface area (Å²) < 4.78 is 12.6. The lowest BCUT2D eigenvalue weighted by Crippen LogP contribution is -2.03. The van der Waals surface area contributed by atoms with Gasteiger partial charge in [-0.2, -0.15) is 0 Å². The van der Waals surface area contributed by atoms with Gasteiger partial charge in [0.1, 0.15) is 13.2 Å². The van der Waals surface area contributed by atoms with E-state index in [-0.39, 0.29) is 18.9 Å². The maximum Gasteiger partial charge on any atom is 0.269 e. The molecule has 3 aromatic rings. The molecule has 172 valence electrons. The molecule has 0 bridgehead atoms. The number of benzene rings is 3. The molecule has 3 rings (SSSR count). The minimum absolute atomic E-state index is 0.00599. The van der Waals surface area contributed by atoms with E-state index in [0.717, 1.165) is 14.7 Å². The topological polar surface area (TPSA) is 83.2 Å². The van der Waals surface area contributed by atoms with Crippen LogP contribution < -0.4 is 9.47 Å². The fraction of sp³-hybridized carbons (Fsp3) is 0.174. The third-order valence-electron chi connectivity index (χ3n) is 4.35. The second-order valence-electron chi connectivity index (χ2n) is 6.72. The van der Waals surface area contributed by atoms with Gasteiger partial charge >= 0.3 is 0 Å². The number of nitrogens with zero attached hydrogens (tertiary/aromatic N) is 2. The van der Waals surface area contributed by atoms with E-state index in [1.807, 2.05) is 19.1 Å². The molecule has 10 heteroatoms. The first-order valence-corrected chi connectivity index (χ1v) is 11.6. The average Bonchev–Trinajstić information content (AvgIpc) is 2.78. The minimum atomic E-state index is -0.450. The molecule has 0 aliphatic carbocycles. The van der Waals surface area contributed by atoms with Crippen LogP contribution in [0.15, 0.2) is 59.8 Å². The van der Waals surface area contributed by atoms with Crippen molar-refractivity contribution in [1.82, 2.24) is 0 Å². The number of halogens is 3. The van der Waals surface area contributed by atoms with E-state index >= 15 is 0 Å². The van der Waals surface area contributed by atoms with Crippen LogP contribution in [0, 0.1) is 13.7 Å². The van der Waals surface area contributed by atoms with Crippen molar-refractivity contribution in [2.45, 2.75) is 20.1 Å². The van der Waals surface area contributed by atoms with Gasteiger partial charge in [-0.15, -0.1) is 0 Å². The Morgan fingerprint density at radius 3 is 2.64 bits per heavy atom. The monoisotopic (exact) mass is 600 g/mol. The van der Waals surface area contributed by atoms with Gasteiger partial charge in [-0.05, 0) is 59.3 Å². The van der Waals surface area contributed by atoms with Gasteiger partial charge in [-0.3, -0.25) is 10.1 Å². The zero-order valence-corrected chi connectivity index (χ0v) is 21.1. The van der Waals surface area contributed by atoms with Gasteiger partial charge < -0.3 is 14.3 Å². The van der Waals surface area contributed by atoms with Crippen LogP contribution in [0.1, 0.15) is 23.6 Å². The van der Waals surface area contributed by atoms with Crippen LogP contribution in [0.4, 0.5) is 5.69 Å². The van der Waals surface area contributed by atoms with E-state index in [0.29, 0.717) is 33.7 Å². The van der Waals surface area contributed by atoms with Crippen LogP contribution in [0.5, 0.6) is 11.5 Å². The normalized spacial score (nSPS) is 10.9. The summed E-state index contributed by atoms with van der Waals surface area (Å²) in [5, 5.41) is 15.9. The molecule has 0 aliphatic rings. The number of nitro benzene ring substituents is 1. The van der Waals surface area contributed by atoms with Crippen LogP contribution in [-0.2, 0) is 18.1 Å². The van der Waals surface area contributed by atoms with E-state index in [1.54, 1.807) is 36.5 Å². The molecule has 0 spiro atoms. The molecular formula is C23H19Cl2IN2O5. The summed E-state index contributed by atoms with van der Waals surface area (Å²) >= 11 is 14.4. The molecule has 0 atom stereocenters. The molecule has 0 saturated heterocycles. The van der Waals surface area contributed by atoms with Crippen LogP contribution in [-0.4, -0.2) is 17.7 Å². The Morgan fingerprint density at radius 1 is 1.09 bits per heavy atom. The molecule has 0 radical (unpaired) electrons. The second kappa shape index (κ2) is 12.1. The Morgan fingerprint density at radius 2 is 1.91 bits per heavy atom. The zero-order valence-electron chi connectivity index (χ0n) is 17.5. The van der Waals surface area contributed by atoms with Crippen molar-refractivity contribution < 1.29 is 19.2 Å². The number of ether oxygens (including phenoxy) is 2. The van der Waals surface area contributed by atoms with Crippen LogP contribution in [0.2, 0.25) is 10.0 Å². The molecule has 0 aromatic heterocycles. The molecule has 0 heterocycles. The summed E-state index contributed by atoms with van der Waals surface area (Å²) in [6, 6.07) is 15.1. The Hall–Kier alpha value is -2.56. The molecular weight excluding hydrogens is 582 g/mol. The molecule has 3 aromatic carbocycles. The molecule has 0 unspecified atom stereocenters. The highest BCUT2D eigenvalue weighted by Gasteiger charge is 2.13. The lowest BCUT2D eigenvalue weighted by Gasteiger charge is -2.15. The summed E-state index contributed by atoms with van der Waals surface area (Å²) in [6.45, 7) is 2.70. The fourth-order valence-electron chi connectivity index (χ4n) is 2.82. The highest BCUT2D eigenvalue weighted by atomic mass is 127. The summed E-state index contributed by atoms with van der Waals surface area (Å²) in [7, 11) is 0. The average molecular weight is 601 g/mol. The van der Waals surface area contributed by atoms with E-state index in [1.165, 1.54) is 12.1 Å². The van der Waals surface area contributed by atoms with Gasteiger partial charge in [0, 0.05) is 33.3 Å². The Kier molecular flexibility index (Phi) is 9.16. The first-order chi connectivity index (χ1) is 15.9. The standard InChI is InChI=1S/C23H19Cl2IN2O5/c1-2-31-22-10-16(12-27-33-13-15-4-3-5-19(8-15)28(29)30)9-21(26)23(22)32-14-17-6-7-18(24)11-20(17)25/h3-12H,2,13-14H2,1H3/b27-12-. The molecule has 33 heavy (non-hydrogen) atoms. The van der Waals surface area contributed by atoms with E-state index in [9.17, 15) is 10.1 Å². The van der Waals surface area contributed by atoms with Gasteiger partial charge in [-0.25, -0.2) is 0 Å². The maximum absolute atomic E-state index is 10.9. The van der Waals surface area contributed by atoms with Crippen LogP contribution in [0.25, 0.3) is 0 Å². The molecule has 0 amide bonds. The van der Waals surface area contributed by atoms with Crippen molar-refractivity contribution in [2.24, 2.45) is 5.16 Å². The van der Waals surface area contributed by atoms with Gasteiger partial charge in [0.05, 0.1) is 21.3 Å². The first-order valence-electron chi connectivity index (χ1n) is 9.79. The van der Waals surface area contributed by atoms with Crippen molar-refractivity contribution in [3.63, 3.8) is 0 Å². The zero-order chi connectivity index (χ0) is 23.8. The Bertz CT molecular complexity index is 1170. The number of non-ortho nitro benzene ring substituents is 1. The van der Waals surface area contributed by atoms with E-state index in [4.69, 9.17) is 37.5 Å². The quantitative estimate of drug-likeness (QED) is 0.108. The summed E-state index contributed by atoms with van der Waals surface area (Å²) in [5.41, 5.74) is 2.21. The van der Waals surface area contributed by atoms with Gasteiger partial charge in [0.15, 0.2) is 11.5 Å². The van der Waals surface area contributed by atoms with Crippen molar-refractivity contribution in [3.05, 3.63) is 95.0 Å². The number of rotatable bonds is 10. The van der Waals surface area contributed by atoms with Crippen molar-refractivity contribution in [2.75, 3.05) is 6.61 Å². The Balaban J connectivity index is 1.69. The summed E-state index contributed by atoms with van der Waals surface area (Å²) in [4.78, 5) is 15.7. The molecule has 0 fully saturated rings. The van der Waals surface area contributed by atoms with Gasteiger partial charge in [0.25, 0.3) is 5.69 Å². The summed E-state index contributed by atoms with van der Waals surface area (Å²) in [6.07, 6.45) is 1.54. The number of oxime groups is 1. The van der Waals surface area contributed by atoms with E-state index in [2.05, 4.69) is 27.7 Å². The van der Waals surface area contributed by atoms with Gasteiger partial charge in [-0.1, -0.05) is 46.6 Å². The van der Waals surface area contributed by atoms with Crippen molar-refractivity contribution in [3.8, 4) is 11.5 Å². The smallest absolute Gasteiger partial charge is 0.269 e.